The van der Waals surface area contributed by atoms with Gasteiger partial charge in [-0.2, -0.15) is 13.2 Å². The lowest BCUT2D eigenvalue weighted by atomic mass is 9.99. The van der Waals surface area contributed by atoms with Gasteiger partial charge in [0.15, 0.2) is 0 Å². The SMILES string of the molecule is C[C@@H](N[C@H]1CCN(c2ccc(Oc3cccc(C(F)(F)F)c3)c(CC(=O)O)c2)C1)c1cccc2ccccc12. The molecule has 39 heavy (non-hydrogen) atoms. The molecule has 4 aromatic rings. The van der Waals surface area contributed by atoms with Crippen molar-refractivity contribution in [3.05, 3.63) is 102 Å². The fourth-order valence-electron chi connectivity index (χ4n) is 5.23. The quantitative estimate of drug-likeness (QED) is 0.250. The summed E-state index contributed by atoms with van der Waals surface area (Å²) in [5, 5.41) is 15.6. The maximum atomic E-state index is 13.1. The maximum Gasteiger partial charge on any atom is 0.416 e. The predicted octanol–water partition coefficient (Wildman–Crippen LogP) is 7.21. The number of alkyl halides is 3. The molecule has 0 saturated carbocycles. The zero-order valence-corrected chi connectivity index (χ0v) is 21.4. The Balaban J connectivity index is 1.31. The molecule has 202 valence electrons. The summed E-state index contributed by atoms with van der Waals surface area (Å²) in [7, 11) is 0. The van der Waals surface area contributed by atoms with Gasteiger partial charge in [-0.15, -0.1) is 0 Å². The van der Waals surface area contributed by atoms with Gasteiger partial charge in [-0.3, -0.25) is 4.79 Å². The highest BCUT2D eigenvalue weighted by molar-refractivity contribution is 5.86. The van der Waals surface area contributed by atoms with E-state index in [-0.39, 0.29) is 30.0 Å². The van der Waals surface area contributed by atoms with Crippen molar-refractivity contribution < 1.29 is 27.8 Å². The van der Waals surface area contributed by atoms with Crippen molar-refractivity contribution in [3.63, 3.8) is 0 Å². The van der Waals surface area contributed by atoms with Crippen LogP contribution >= 0.6 is 0 Å². The van der Waals surface area contributed by atoms with Crippen LogP contribution in [-0.2, 0) is 17.4 Å². The first-order valence-electron chi connectivity index (χ1n) is 12.9. The third kappa shape index (κ3) is 6.17. The summed E-state index contributed by atoms with van der Waals surface area (Å²) in [6.45, 7) is 3.70. The fraction of sp³-hybridized carbons (Fsp3) is 0.258. The van der Waals surface area contributed by atoms with E-state index in [1.807, 2.05) is 18.2 Å². The van der Waals surface area contributed by atoms with Crippen LogP contribution in [0.5, 0.6) is 11.5 Å². The van der Waals surface area contributed by atoms with Gasteiger partial charge in [0.1, 0.15) is 11.5 Å². The molecule has 1 heterocycles. The molecule has 0 radical (unpaired) electrons. The number of ether oxygens (including phenoxy) is 1. The average Bonchev–Trinajstić information content (AvgIpc) is 3.37. The van der Waals surface area contributed by atoms with Crippen molar-refractivity contribution in [1.82, 2.24) is 5.32 Å². The molecule has 0 bridgehead atoms. The summed E-state index contributed by atoms with van der Waals surface area (Å²) in [6, 6.07) is 24.8. The Morgan fingerprint density at radius 3 is 2.62 bits per heavy atom. The number of rotatable bonds is 8. The number of hydrogen-bond acceptors (Lipinski definition) is 4. The number of carboxylic acids is 1. The fourth-order valence-corrected chi connectivity index (χ4v) is 5.23. The summed E-state index contributed by atoms with van der Waals surface area (Å²) in [5.74, 6) is -0.832. The number of nitrogens with one attached hydrogen (secondary N) is 1. The Bertz CT molecular complexity index is 1480. The number of carbonyl (C=O) groups is 1. The van der Waals surface area contributed by atoms with Crippen LogP contribution in [0.4, 0.5) is 18.9 Å². The smallest absolute Gasteiger partial charge is 0.416 e. The van der Waals surface area contributed by atoms with E-state index in [4.69, 9.17) is 4.74 Å². The first kappa shape index (κ1) is 26.6. The highest BCUT2D eigenvalue weighted by atomic mass is 19.4. The van der Waals surface area contributed by atoms with E-state index < -0.39 is 17.7 Å². The van der Waals surface area contributed by atoms with Gasteiger partial charge >= 0.3 is 12.1 Å². The van der Waals surface area contributed by atoms with Gasteiger partial charge in [0, 0.05) is 36.4 Å². The molecule has 0 unspecified atom stereocenters. The Kier molecular flexibility index (Phi) is 7.48. The Labute approximate surface area is 224 Å². The minimum atomic E-state index is -4.50. The minimum Gasteiger partial charge on any atom is -0.481 e. The largest absolute Gasteiger partial charge is 0.481 e. The second kappa shape index (κ2) is 11.0. The first-order chi connectivity index (χ1) is 18.7. The molecule has 5 rings (SSSR count). The average molecular weight is 535 g/mol. The van der Waals surface area contributed by atoms with Crippen LogP contribution in [0, 0.1) is 0 Å². The molecule has 4 aromatic carbocycles. The van der Waals surface area contributed by atoms with Crippen molar-refractivity contribution in [2.75, 3.05) is 18.0 Å². The number of carboxylic acid groups (broad SMARTS) is 1. The second-order valence-corrected chi connectivity index (χ2v) is 9.88. The summed E-state index contributed by atoms with van der Waals surface area (Å²) < 4.78 is 45.1. The monoisotopic (exact) mass is 534 g/mol. The van der Waals surface area contributed by atoms with Gasteiger partial charge in [0.05, 0.1) is 12.0 Å². The highest BCUT2D eigenvalue weighted by Gasteiger charge is 2.31. The Morgan fingerprint density at radius 1 is 1.05 bits per heavy atom. The van der Waals surface area contributed by atoms with Crippen molar-refractivity contribution in [2.45, 2.75) is 38.0 Å². The lowest BCUT2D eigenvalue weighted by molar-refractivity contribution is -0.138. The zero-order valence-electron chi connectivity index (χ0n) is 21.4. The molecule has 0 spiro atoms. The Morgan fingerprint density at radius 2 is 1.82 bits per heavy atom. The van der Waals surface area contributed by atoms with Crippen LogP contribution in [0.25, 0.3) is 10.8 Å². The summed E-state index contributed by atoms with van der Waals surface area (Å²) in [4.78, 5) is 13.8. The molecular formula is C31H29F3N2O3. The number of hydrogen-bond donors (Lipinski definition) is 2. The van der Waals surface area contributed by atoms with E-state index in [0.717, 1.165) is 37.3 Å². The van der Waals surface area contributed by atoms with E-state index in [9.17, 15) is 23.1 Å². The van der Waals surface area contributed by atoms with E-state index in [2.05, 4.69) is 47.5 Å². The van der Waals surface area contributed by atoms with Crippen molar-refractivity contribution in [1.29, 1.82) is 0 Å². The van der Waals surface area contributed by atoms with Crippen LogP contribution in [0.2, 0.25) is 0 Å². The van der Waals surface area contributed by atoms with Gasteiger partial charge in [0.25, 0.3) is 0 Å². The van der Waals surface area contributed by atoms with E-state index >= 15 is 0 Å². The lowest BCUT2D eigenvalue weighted by Gasteiger charge is -2.23. The molecule has 2 atom stereocenters. The molecule has 2 N–H and O–H groups in total. The molecule has 1 aliphatic rings. The van der Waals surface area contributed by atoms with Crippen LogP contribution < -0.4 is 15.0 Å². The molecule has 1 fully saturated rings. The Hall–Kier alpha value is -4.04. The molecule has 0 amide bonds. The van der Waals surface area contributed by atoms with Crippen LogP contribution in [0.1, 0.15) is 36.1 Å². The molecule has 8 heteroatoms. The summed E-state index contributed by atoms with van der Waals surface area (Å²) in [5.41, 5.74) is 1.67. The lowest BCUT2D eigenvalue weighted by Crippen LogP contribution is -2.34. The predicted molar refractivity (Wildman–Crippen MR) is 145 cm³/mol. The van der Waals surface area contributed by atoms with Crippen LogP contribution in [0.3, 0.4) is 0 Å². The van der Waals surface area contributed by atoms with Crippen molar-refractivity contribution in [3.8, 4) is 11.5 Å². The summed E-state index contributed by atoms with van der Waals surface area (Å²) >= 11 is 0. The third-order valence-corrected chi connectivity index (χ3v) is 7.10. The number of aliphatic carboxylic acids is 1. The number of anilines is 1. The van der Waals surface area contributed by atoms with Gasteiger partial charge in [-0.25, -0.2) is 0 Å². The highest BCUT2D eigenvalue weighted by Crippen LogP contribution is 2.35. The minimum absolute atomic E-state index is 0.00271. The first-order valence-corrected chi connectivity index (χ1v) is 12.9. The van der Waals surface area contributed by atoms with Gasteiger partial charge in [-0.05, 0) is 66.1 Å². The standard InChI is InChI=1S/C31H29F3N2O3/c1-20(27-11-4-7-21-6-2-3-10-28(21)27)35-24-14-15-36(19-24)25-12-13-29(22(16-25)17-30(37)38)39-26-9-5-8-23(18-26)31(32,33)34/h2-13,16,18,20,24,35H,14-15,17,19H2,1H3,(H,37,38)/t20-,24+/m1/s1. The topological polar surface area (TPSA) is 61.8 Å². The number of halogens is 3. The maximum absolute atomic E-state index is 13.1. The number of nitrogens with zero attached hydrogens (tertiary/aromatic N) is 1. The molecule has 0 aromatic heterocycles. The van der Waals surface area contributed by atoms with E-state index in [1.54, 1.807) is 12.1 Å². The van der Waals surface area contributed by atoms with Crippen molar-refractivity contribution in [2.24, 2.45) is 0 Å². The van der Waals surface area contributed by atoms with Crippen LogP contribution in [0.15, 0.2) is 84.9 Å². The summed E-state index contributed by atoms with van der Waals surface area (Å²) in [6.07, 6.45) is -3.89. The van der Waals surface area contributed by atoms with Crippen LogP contribution in [-0.4, -0.2) is 30.2 Å². The second-order valence-electron chi connectivity index (χ2n) is 9.88. The number of fused-ring (bicyclic) bond motifs is 1. The van der Waals surface area contributed by atoms with Gasteiger partial charge in [0.2, 0.25) is 0 Å². The van der Waals surface area contributed by atoms with E-state index in [0.29, 0.717) is 5.56 Å². The third-order valence-electron chi connectivity index (χ3n) is 7.10. The molecule has 1 saturated heterocycles. The molecular weight excluding hydrogens is 505 g/mol. The van der Waals surface area contributed by atoms with Crippen molar-refractivity contribution >= 4 is 22.4 Å². The van der Waals surface area contributed by atoms with Gasteiger partial charge < -0.3 is 20.1 Å². The zero-order chi connectivity index (χ0) is 27.6. The van der Waals surface area contributed by atoms with E-state index in [1.165, 1.54) is 28.5 Å². The number of benzene rings is 4. The molecule has 5 nitrogen and oxygen atoms in total. The van der Waals surface area contributed by atoms with Gasteiger partial charge in [-0.1, -0.05) is 48.5 Å². The molecule has 1 aliphatic heterocycles. The normalized spacial score (nSPS) is 16.4. The molecule has 0 aliphatic carbocycles.